The molecule has 6 nitrogen and oxygen atoms in total. The molecular weight excluding hydrogens is 364 g/mol. The Bertz CT molecular complexity index is 746. The smallest absolute Gasteiger partial charge is 0.341 e. The van der Waals surface area contributed by atoms with Crippen molar-refractivity contribution in [3.8, 4) is 5.75 Å². The van der Waals surface area contributed by atoms with E-state index < -0.39 is 12.6 Å². The van der Waals surface area contributed by atoms with Crippen molar-refractivity contribution in [3.05, 3.63) is 64.1 Å². The van der Waals surface area contributed by atoms with Crippen LogP contribution < -0.4 is 10.2 Å². The molecule has 0 saturated carbocycles. The monoisotopic (exact) mass is 376 g/mol. The Kier molecular flexibility index (Phi) is 5.87. The molecule has 0 spiro atoms. The van der Waals surface area contributed by atoms with Gasteiger partial charge in [0.05, 0.1) is 6.21 Å². The van der Waals surface area contributed by atoms with Gasteiger partial charge in [0.2, 0.25) is 0 Å². The zero-order valence-corrected chi connectivity index (χ0v) is 13.5. The van der Waals surface area contributed by atoms with Crippen LogP contribution in [0.5, 0.6) is 5.75 Å². The Morgan fingerprint density at radius 1 is 1.22 bits per heavy atom. The van der Waals surface area contributed by atoms with Crippen LogP contribution in [0.3, 0.4) is 0 Å². The third-order valence-electron chi connectivity index (χ3n) is 2.69. The predicted octanol–water partition coefficient (Wildman–Crippen LogP) is 2.68. The Morgan fingerprint density at radius 3 is 2.74 bits per heavy atom. The van der Waals surface area contributed by atoms with Gasteiger partial charge in [0, 0.05) is 10.0 Å². The van der Waals surface area contributed by atoms with Crippen molar-refractivity contribution in [1.29, 1.82) is 0 Å². The summed E-state index contributed by atoms with van der Waals surface area (Å²) in [5, 5.41) is 12.4. The Morgan fingerprint density at radius 2 is 2.00 bits per heavy atom. The molecule has 2 rings (SSSR count). The number of hydrogen-bond acceptors (Lipinski definition) is 4. The lowest BCUT2D eigenvalue weighted by molar-refractivity contribution is -0.139. The number of carbonyl (C=O) groups is 2. The number of rotatable bonds is 6. The molecule has 0 fully saturated rings. The highest BCUT2D eigenvalue weighted by Gasteiger charge is 2.04. The molecule has 0 aliphatic heterocycles. The van der Waals surface area contributed by atoms with E-state index in [1.54, 1.807) is 42.5 Å². The number of amides is 1. The van der Waals surface area contributed by atoms with Crippen LogP contribution >= 0.6 is 15.9 Å². The lowest BCUT2D eigenvalue weighted by Gasteiger charge is -2.03. The number of benzene rings is 2. The molecule has 1 amide bonds. The molecule has 0 atom stereocenters. The second-order valence-electron chi connectivity index (χ2n) is 4.46. The first-order valence-corrected chi connectivity index (χ1v) is 7.37. The van der Waals surface area contributed by atoms with Crippen LogP contribution in [-0.4, -0.2) is 29.8 Å². The van der Waals surface area contributed by atoms with Gasteiger partial charge in [-0.05, 0) is 35.9 Å². The molecule has 118 valence electrons. The largest absolute Gasteiger partial charge is 0.482 e. The van der Waals surface area contributed by atoms with E-state index in [0.717, 1.165) is 4.47 Å². The summed E-state index contributed by atoms with van der Waals surface area (Å²) in [7, 11) is 0. The zero-order chi connectivity index (χ0) is 16.7. The Hall–Kier alpha value is -2.67. The highest BCUT2D eigenvalue weighted by Crippen LogP contribution is 2.12. The normalized spacial score (nSPS) is 10.5. The number of carboxylic acids is 1. The molecule has 2 aromatic rings. The first-order chi connectivity index (χ1) is 11.0. The molecule has 0 aliphatic carbocycles. The van der Waals surface area contributed by atoms with E-state index in [-0.39, 0.29) is 5.91 Å². The summed E-state index contributed by atoms with van der Waals surface area (Å²) in [5.41, 5.74) is 3.57. The van der Waals surface area contributed by atoms with Gasteiger partial charge >= 0.3 is 5.97 Å². The van der Waals surface area contributed by atoms with E-state index in [2.05, 4.69) is 26.5 Å². The van der Waals surface area contributed by atoms with Crippen molar-refractivity contribution in [2.75, 3.05) is 6.61 Å². The van der Waals surface area contributed by atoms with E-state index in [1.807, 2.05) is 6.07 Å². The van der Waals surface area contributed by atoms with Gasteiger partial charge in [-0.25, -0.2) is 10.2 Å². The van der Waals surface area contributed by atoms with Gasteiger partial charge in [-0.2, -0.15) is 5.10 Å². The van der Waals surface area contributed by atoms with Crippen LogP contribution in [0.1, 0.15) is 15.9 Å². The van der Waals surface area contributed by atoms with Gasteiger partial charge in [0.1, 0.15) is 5.75 Å². The summed E-state index contributed by atoms with van der Waals surface area (Å²) in [5.74, 6) is -0.971. The number of carbonyl (C=O) groups excluding carboxylic acids is 1. The first kappa shape index (κ1) is 16.7. The minimum absolute atomic E-state index is 0.333. The van der Waals surface area contributed by atoms with Crippen molar-refractivity contribution in [3.63, 3.8) is 0 Å². The molecule has 0 saturated heterocycles. The summed E-state index contributed by atoms with van der Waals surface area (Å²) in [6.45, 7) is -0.416. The predicted molar refractivity (Wildman–Crippen MR) is 88.8 cm³/mol. The number of hydrogen-bond donors (Lipinski definition) is 2. The molecule has 2 aromatic carbocycles. The third kappa shape index (κ3) is 5.55. The molecule has 0 bridgehead atoms. The molecule has 0 unspecified atom stereocenters. The second-order valence-corrected chi connectivity index (χ2v) is 5.38. The molecule has 0 aromatic heterocycles. The number of aliphatic carboxylic acids is 1. The van der Waals surface area contributed by atoms with Gasteiger partial charge in [-0.1, -0.05) is 34.1 Å². The first-order valence-electron chi connectivity index (χ1n) is 6.58. The van der Waals surface area contributed by atoms with Crippen LogP contribution in [0.2, 0.25) is 0 Å². The number of halogens is 1. The topological polar surface area (TPSA) is 88.0 Å². The van der Waals surface area contributed by atoms with Crippen molar-refractivity contribution < 1.29 is 19.4 Å². The summed E-state index contributed by atoms with van der Waals surface area (Å²) in [6, 6.07) is 13.7. The van der Waals surface area contributed by atoms with Crippen molar-refractivity contribution in [1.82, 2.24) is 5.43 Å². The quantitative estimate of drug-likeness (QED) is 0.599. The molecule has 0 heterocycles. The fourth-order valence-electron chi connectivity index (χ4n) is 1.69. The zero-order valence-electron chi connectivity index (χ0n) is 11.9. The molecule has 2 N–H and O–H groups in total. The molecule has 0 aliphatic rings. The van der Waals surface area contributed by atoms with Crippen LogP contribution in [-0.2, 0) is 4.79 Å². The fraction of sp³-hybridized carbons (Fsp3) is 0.0625. The van der Waals surface area contributed by atoms with E-state index in [4.69, 9.17) is 9.84 Å². The van der Waals surface area contributed by atoms with Gasteiger partial charge < -0.3 is 9.84 Å². The number of nitrogens with one attached hydrogen (secondary N) is 1. The summed E-state index contributed by atoms with van der Waals surface area (Å²) in [6.07, 6.45) is 1.45. The Balaban J connectivity index is 1.96. The SMILES string of the molecule is O=C(O)COc1cccc(/C=N/NC(=O)c2cccc(Br)c2)c1. The highest BCUT2D eigenvalue weighted by atomic mass is 79.9. The van der Waals surface area contributed by atoms with Crippen molar-refractivity contribution in [2.24, 2.45) is 5.10 Å². The lowest BCUT2D eigenvalue weighted by Crippen LogP contribution is -2.17. The van der Waals surface area contributed by atoms with Gasteiger partial charge in [-0.15, -0.1) is 0 Å². The molecule has 7 heteroatoms. The maximum absolute atomic E-state index is 11.9. The molecule has 0 radical (unpaired) electrons. The number of ether oxygens (including phenoxy) is 1. The fourth-order valence-corrected chi connectivity index (χ4v) is 2.09. The van der Waals surface area contributed by atoms with Crippen molar-refractivity contribution >= 4 is 34.0 Å². The standard InChI is InChI=1S/C16H13BrN2O4/c17-13-5-2-4-12(8-13)16(22)19-18-9-11-3-1-6-14(7-11)23-10-15(20)21/h1-9H,10H2,(H,19,22)(H,20,21)/b18-9+. The average molecular weight is 377 g/mol. The summed E-state index contributed by atoms with van der Waals surface area (Å²) >= 11 is 3.29. The Labute approximate surface area is 140 Å². The van der Waals surface area contributed by atoms with E-state index >= 15 is 0 Å². The third-order valence-corrected chi connectivity index (χ3v) is 3.18. The van der Waals surface area contributed by atoms with E-state index in [0.29, 0.717) is 16.9 Å². The van der Waals surface area contributed by atoms with Gasteiger partial charge in [-0.3, -0.25) is 4.79 Å². The van der Waals surface area contributed by atoms with Crippen LogP contribution in [0, 0.1) is 0 Å². The molecule has 23 heavy (non-hydrogen) atoms. The maximum atomic E-state index is 11.9. The second kappa shape index (κ2) is 8.09. The van der Waals surface area contributed by atoms with Crippen LogP contribution in [0.4, 0.5) is 0 Å². The highest BCUT2D eigenvalue weighted by molar-refractivity contribution is 9.10. The average Bonchev–Trinajstić information content (AvgIpc) is 2.53. The minimum atomic E-state index is -1.05. The van der Waals surface area contributed by atoms with E-state index in [1.165, 1.54) is 6.21 Å². The minimum Gasteiger partial charge on any atom is -0.482 e. The number of hydrazone groups is 1. The van der Waals surface area contributed by atoms with Gasteiger partial charge in [0.15, 0.2) is 6.61 Å². The van der Waals surface area contributed by atoms with Crippen LogP contribution in [0.25, 0.3) is 0 Å². The van der Waals surface area contributed by atoms with Crippen molar-refractivity contribution in [2.45, 2.75) is 0 Å². The van der Waals surface area contributed by atoms with Gasteiger partial charge in [0.25, 0.3) is 5.91 Å². The molecular formula is C16H13BrN2O4. The summed E-state index contributed by atoms with van der Waals surface area (Å²) < 4.78 is 5.87. The maximum Gasteiger partial charge on any atom is 0.341 e. The van der Waals surface area contributed by atoms with Crippen LogP contribution in [0.15, 0.2) is 58.1 Å². The lowest BCUT2D eigenvalue weighted by atomic mass is 10.2. The number of carboxylic acid groups (broad SMARTS) is 1. The van der Waals surface area contributed by atoms with E-state index in [9.17, 15) is 9.59 Å². The summed E-state index contributed by atoms with van der Waals surface area (Å²) in [4.78, 5) is 22.4. The number of nitrogens with zero attached hydrogens (tertiary/aromatic N) is 1.